The average Bonchev–Trinajstić information content (AvgIpc) is 2.23. The van der Waals surface area contributed by atoms with Crippen LogP contribution in [-0.2, 0) is 11.2 Å². The first-order chi connectivity index (χ1) is 6.83. The molecule has 14 heavy (non-hydrogen) atoms. The van der Waals surface area contributed by atoms with Crippen LogP contribution in [0.25, 0.3) is 0 Å². The lowest BCUT2D eigenvalue weighted by atomic mass is 9.80. The van der Waals surface area contributed by atoms with Crippen LogP contribution in [-0.4, -0.2) is 5.78 Å². The van der Waals surface area contributed by atoms with Gasteiger partial charge in [-0.2, -0.15) is 0 Å². The fourth-order valence-electron chi connectivity index (χ4n) is 2.13. The highest BCUT2D eigenvalue weighted by Crippen LogP contribution is 2.31. The highest BCUT2D eigenvalue weighted by atomic mass is 16.1. The molecule has 1 heteroatoms. The van der Waals surface area contributed by atoms with Crippen LogP contribution in [0, 0.1) is 0 Å². The number of aryl methyl sites for hydroxylation is 1. The predicted octanol–water partition coefficient (Wildman–Crippen LogP) is 2.86. The van der Waals surface area contributed by atoms with Crippen LogP contribution >= 0.6 is 0 Å². The molecule has 1 atom stereocenters. The van der Waals surface area contributed by atoms with Crippen LogP contribution in [0.2, 0.25) is 0 Å². The minimum atomic E-state index is 0.0671. The van der Waals surface area contributed by atoms with Crippen molar-refractivity contribution in [2.24, 2.45) is 0 Å². The second-order valence-electron chi connectivity index (χ2n) is 3.74. The van der Waals surface area contributed by atoms with Crippen molar-refractivity contribution in [2.45, 2.75) is 25.2 Å². The topological polar surface area (TPSA) is 17.1 Å². The molecule has 0 unspecified atom stereocenters. The Kier molecular flexibility index (Phi) is 2.49. The van der Waals surface area contributed by atoms with Gasteiger partial charge < -0.3 is 0 Å². The molecule has 1 aliphatic rings. The molecule has 0 heterocycles. The number of rotatable bonds is 2. The summed E-state index contributed by atoms with van der Waals surface area (Å²) < 4.78 is 0. The highest BCUT2D eigenvalue weighted by Gasteiger charge is 2.25. The van der Waals surface area contributed by atoms with Crippen LogP contribution < -0.4 is 0 Å². The predicted molar refractivity (Wildman–Crippen MR) is 57.3 cm³/mol. The molecule has 0 saturated heterocycles. The third-order valence-corrected chi connectivity index (χ3v) is 2.86. The van der Waals surface area contributed by atoms with E-state index in [1.54, 1.807) is 0 Å². The minimum Gasteiger partial charge on any atom is -0.299 e. The van der Waals surface area contributed by atoms with Crippen molar-refractivity contribution < 1.29 is 4.79 Å². The lowest BCUT2D eigenvalue weighted by Gasteiger charge is -2.23. The monoisotopic (exact) mass is 186 g/mol. The van der Waals surface area contributed by atoms with Gasteiger partial charge in [0.15, 0.2) is 0 Å². The van der Waals surface area contributed by atoms with Crippen LogP contribution in [0.3, 0.4) is 0 Å². The van der Waals surface area contributed by atoms with E-state index in [1.165, 1.54) is 11.1 Å². The molecule has 1 aliphatic carbocycles. The van der Waals surface area contributed by atoms with Crippen molar-refractivity contribution in [2.75, 3.05) is 0 Å². The highest BCUT2D eigenvalue weighted by molar-refractivity contribution is 5.88. The van der Waals surface area contributed by atoms with Crippen molar-refractivity contribution in [3.63, 3.8) is 0 Å². The fourth-order valence-corrected chi connectivity index (χ4v) is 2.13. The molecule has 0 fully saturated rings. The number of carbonyl (C=O) groups excluding carboxylic acids is 1. The number of carbonyl (C=O) groups is 1. The second-order valence-corrected chi connectivity index (χ2v) is 3.74. The summed E-state index contributed by atoms with van der Waals surface area (Å²) in [4.78, 5) is 11.7. The van der Waals surface area contributed by atoms with Gasteiger partial charge >= 0.3 is 0 Å². The van der Waals surface area contributed by atoms with Crippen molar-refractivity contribution >= 4 is 5.78 Å². The Labute approximate surface area is 84.5 Å². The first kappa shape index (κ1) is 9.20. The molecule has 0 saturated carbocycles. The SMILES string of the molecule is C=CC[C@@H]1C(=O)CCc2ccccc21. The van der Waals surface area contributed by atoms with Gasteiger partial charge in [-0.3, -0.25) is 4.79 Å². The Morgan fingerprint density at radius 3 is 2.93 bits per heavy atom. The number of benzene rings is 1. The third-order valence-electron chi connectivity index (χ3n) is 2.86. The van der Waals surface area contributed by atoms with E-state index in [9.17, 15) is 4.79 Å². The van der Waals surface area contributed by atoms with E-state index in [4.69, 9.17) is 0 Å². The van der Waals surface area contributed by atoms with Gasteiger partial charge in [-0.05, 0) is 24.0 Å². The number of ketones is 1. The zero-order valence-corrected chi connectivity index (χ0v) is 8.20. The van der Waals surface area contributed by atoms with Gasteiger partial charge in [0.05, 0.1) is 0 Å². The van der Waals surface area contributed by atoms with E-state index >= 15 is 0 Å². The molecule has 0 N–H and O–H groups in total. The Balaban J connectivity index is 2.40. The van der Waals surface area contributed by atoms with Gasteiger partial charge in [-0.15, -0.1) is 6.58 Å². The van der Waals surface area contributed by atoms with E-state index in [2.05, 4.69) is 18.7 Å². The summed E-state index contributed by atoms with van der Waals surface area (Å²) in [6.45, 7) is 3.71. The van der Waals surface area contributed by atoms with E-state index in [0.29, 0.717) is 12.2 Å². The van der Waals surface area contributed by atoms with Crippen molar-refractivity contribution in [1.29, 1.82) is 0 Å². The summed E-state index contributed by atoms with van der Waals surface area (Å²) in [6.07, 6.45) is 4.21. The maximum atomic E-state index is 11.7. The van der Waals surface area contributed by atoms with Gasteiger partial charge in [0.1, 0.15) is 5.78 Å². The first-order valence-corrected chi connectivity index (χ1v) is 5.04. The molecular formula is C13H14O. The van der Waals surface area contributed by atoms with Gasteiger partial charge in [0.25, 0.3) is 0 Å². The average molecular weight is 186 g/mol. The normalized spacial score (nSPS) is 20.3. The summed E-state index contributed by atoms with van der Waals surface area (Å²) in [5.74, 6) is 0.432. The summed E-state index contributed by atoms with van der Waals surface area (Å²) in [7, 11) is 0. The molecule has 0 aliphatic heterocycles. The van der Waals surface area contributed by atoms with Crippen molar-refractivity contribution in [1.82, 2.24) is 0 Å². The fraction of sp³-hybridized carbons (Fsp3) is 0.308. The Bertz CT molecular complexity index is 365. The molecule has 0 bridgehead atoms. The van der Waals surface area contributed by atoms with Crippen LogP contribution in [0.15, 0.2) is 36.9 Å². The molecule has 2 rings (SSSR count). The zero-order chi connectivity index (χ0) is 9.97. The second kappa shape index (κ2) is 3.79. The zero-order valence-electron chi connectivity index (χ0n) is 8.20. The summed E-state index contributed by atoms with van der Waals surface area (Å²) in [5, 5.41) is 0. The molecular weight excluding hydrogens is 172 g/mol. The molecule has 1 aromatic rings. The van der Waals surface area contributed by atoms with E-state index in [0.717, 1.165) is 12.8 Å². The molecule has 1 nitrogen and oxygen atoms in total. The molecule has 72 valence electrons. The van der Waals surface area contributed by atoms with E-state index in [1.807, 2.05) is 18.2 Å². The van der Waals surface area contributed by atoms with Gasteiger partial charge in [0.2, 0.25) is 0 Å². The summed E-state index contributed by atoms with van der Waals surface area (Å²) >= 11 is 0. The maximum Gasteiger partial charge on any atom is 0.140 e. The van der Waals surface area contributed by atoms with Crippen molar-refractivity contribution in [3.05, 3.63) is 48.0 Å². The molecule has 0 spiro atoms. The largest absolute Gasteiger partial charge is 0.299 e. The van der Waals surface area contributed by atoms with E-state index in [-0.39, 0.29) is 5.92 Å². The smallest absolute Gasteiger partial charge is 0.140 e. The lowest BCUT2D eigenvalue weighted by molar-refractivity contribution is -0.120. The Morgan fingerprint density at radius 1 is 1.36 bits per heavy atom. The standard InChI is InChI=1S/C13H14O/c1-2-5-12-11-7-4-3-6-10(11)8-9-13(12)14/h2-4,6-7,12H,1,5,8-9H2/t12-/m0/s1. The number of Topliss-reactive ketones (excluding diaryl/α,β-unsaturated/α-hetero) is 1. The molecule has 1 aromatic carbocycles. The summed E-state index contributed by atoms with van der Waals surface area (Å²) in [5.41, 5.74) is 2.54. The quantitative estimate of drug-likeness (QED) is 0.649. The Hall–Kier alpha value is -1.37. The van der Waals surface area contributed by atoms with Gasteiger partial charge in [-0.1, -0.05) is 30.3 Å². The molecule has 0 aromatic heterocycles. The van der Waals surface area contributed by atoms with Crippen LogP contribution in [0.5, 0.6) is 0 Å². The number of hydrogen-bond acceptors (Lipinski definition) is 1. The molecule has 0 amide bonds. The minimum absolute atomic E-state index is 0.0671. The van der Waals surface area contributed by atoms with Crippen molar-refractivity contribution in [3.8, 4) is 0 Å². The van der Waals surface area contributed by atoms with Gasteiger partial charge in [-0.25, -0.2) is 0 Å². The summed E-state index contributed by atoms with van der Waals surface area (Å²) in [6, 6.07) is 8.24. The number of fused-ring (bicyclic) bond motifs is 1. The Morgan fingerprint density at radius 2 is 2.14 bits per heavy atom. The first-order valence-electron chi connectivity index (χ1n) is 5.04. The number of allylic oxidation sites excluding steroid dienone is 1. The van der Waals surface area contributed by atoms with E-state index < -0.39 is 0 Å². The number of hydrogen-bond donors (Lipinski definition) is 0. The molecule has 0 radical (unpaired) electrons. The lowest BCUT2D eigenvalue weighted by Crippen LogP contribution is -2.19. The maximum absolute atomic E-state index is 11.7. The third kappa shape index (κ3) is 1.50. The van der Waals surface area contributed by atoms with Crippen LogP contribution in [0.1, 0.15) is 29.9 Å². The van der Waals surface area contributed by atoms with Crippen LogP contribution in [0.4, 0.5) is 0 Å². The van der Waals surface area contributed by atoms with Gasteiger partial charge in [0, 0.05) is 12.3 Å².